The highest BCUT2D eigenvalue weighted by atomic mass is 32.1. The molecule has 1 saturated heterocycles. The van der Waals surface area contributed by atoms with Gasteiger partial charge in [0, 0.05) is 30.2 Å². The van der Waals surface area contributed by atoms with Crippen molar-refractivity contribution in [2.45, 2.75) is 44.8 Å². The Balaban J connectivity index is 1.33. The highest BCUT2D eigenvalue weighted by Gasteiger charge is 2.41. The highest BCUT2D eigenvalue weighted by molar-refractivity contribution is 7.15. The van der Waals surface area contributed by atoms with Crippen molar-refractivity contribution in [2.24, 2.45) is 16.1 Å². The fourth-order valence-electron chi connectivity index (χ4n) is 4.72. The van der Waals surface area contributed by atoms with Gasteiger partial charge in [-0.25, -0.2) is 9.37 Å². The normalized spacial score (nSPS) is 16.8. The maximum Gasteiger partial charge on any atom is 0.416 e. The SMILES string of the molecule is O=CC1=NN=C(c2ccc(OCc3sc(-c4ccc(C(F)(F)F)cc4)nc3CN3CCC(C(F)(F)F)CC3)cc2F)C1. The number of hydrogen-bond donors (Lipinski definition) is 0. The number of ether oxygens (including phenoxy) is 1. The number of rotatable bonds is 8. The molecular formula is C28H23F7N4O2S. The molecule has 0 unspecified atom stereocenters. The van der Waals surface area contributed by atoms with E-state index in [1.165, 1.54) is 35.6 Å². The zero-order chi connectivity index (χ0) is 30.1. The van der Waals surface area contributed by atoms with E-state index in [-0.39, 0.29) is 62.5 Å². The van der Waals surface area contributed by atoms with Crippen LogP contribution in [0.15, 0.2) is 52.7 Å². The third-order valence-electron chi connectivity index (χ3n) is 7.07. The fourth-order valence-corrected chi connectivity index (χ4v) is 5.71. The van der Waals surface area contributed by atoms with E-state index < -0.39 is 29.7 Å². The van der Waals surface area contributed by atoms with E-state index in [0.29, 0.717) is 33.1 Å². The lowest BCUT2D eigenvalue weighted by Gasteiger charge is -2.32. The number of thiazole rings is 1. The minimum absolute atomic E-state index is 0.0401. The van der Waals surface area contributed by atoms with Gasteiger partial charge in [-0.15, -0.1) is 11.3 Å². The minimum atomic E-state index is -4.49. The Morgan fingerprint density at radius 2 is 1.71 bits per heavy atom. The lowest BCUT2D eigenvalue weighted by atomic mass is 9.96. The molecule has 1 aromatic heterocycles. The lowest BCUT2D eigenvalue weighted by Crippen LogP contribution is -2.38. The quantitative estimate of drug-likeness (QED) is 0.202. The van der Waals surface area contributed by atoms with Crippen molar-refractivity contribution in [3.05, 3.63) is 70.0 Å². The zero-order valence-corrected chi connectivity index (χ0v) is 22.6. The second-order valence-electron chi connectivity index (χ2n) is 9.92. The number of alkyl halides is 6. The first-order valence-electron chi connectivity index (χ1n) is 12.9. The number of hydrogen-bond acceptors (Lipinski definition) is 7. The average molecular weight is 613 g/mol. The molecule has 0 bridgehead atoms. The predicted octanol–water partition coefficient (Wildman–Crippen LogP) is 7.07. The number of aromatic nitrogens is 1. The number of carbonyl (C=O) groups is 1. The molecule has 3 aromatic rings. The number of benzene rings is 2. The summed E-state index contributed by atoms with van der Waals surface area (Å²) >= 11 is 1.18. The Labute approximate surface area is 239 Å². The van der Waals surface area contributed by atoms with Crippen LogP contribution in [0.25, 0.3) is 10.6 Å². The van der Waals surface area contributed by atoms with Crippen LogP contribution in [0.5, 0.6) is 5.75 Å². The van der Waals surface area contributed by atoms with Gasteiger partial charge in [0.25, 0.3) is 0 Å². The van der Waals surface area contributed by atoms with Crippen molar-refractivity contribution in [1.82, 2.24) is 9.88 Å². The third-order valence-corrected chi connectivity index (χ3v) is 8.19. The summed E-state index contributed by atoms with van der Waals surface area (Å²) in [7, 11) is 0. The van der Waals surface area contributed by atoms with Crippen molar-refractivity contribution in [3.8, 4) is 16.3 Å². The first-order valence-corrected chi connectivity index (χ1v) is 13.7. The topological polar surface area (TPSA) is 67.1 Å². The van der Waals surface area contributed by atoms with Crippen molar-refractivity contribution in [1.29, 1.82) is 0 Å². The lowest BCUT2D eigenvalue weighted by molar-refractivity contribution is -0.185. The van der Waals surface area contributed by atoms with Gasteiger partial charge in [0.1, 0.15) is 28.9 Å². The van der Waals surface area contributed by atoms with Crippen LogP contribution in [0.3, 0.4) is 0 Å². The predicted molar refractivity (Wildman–Crippen MR) is 142 cm³/mol. The monoisotopic (exact) mass is 612 g/mol. The van der Waals surface area contributed by atoms with E-state index >= 15 is 0 Å². The van der Waals surface area contributed by atoms with E-state index in [1.54, 1.807) is 0 Å². The van der Waals surface area contributed by atoms with Crippen LogP contribution in [0.2, 0.25) is 0 Å². The zero-order valence-electron chi connectivity index (χ0n) is 21.8. The molecule has 2 aliphatic rings. The van der Waals surface area contributed by atoms with Gasteiger partial charge in [-0.2, -0.15) is 36.5 Å². The molecule has 3 heterocycles. The molecule has 0 aliphatic carbocycles. The first-order chi connectivity index (χ1) is 19.9. The summed E-state index contributed by atoms with van der Waals surface area (Å²) in [5.41, 5.74) is 0.836. The van der Waals surface area contributed by atoms with Crippen LogP contribution in [0, 0.1) is 11.7 Å². The number of aldehydes is 1. The average Bonchev–Trinajstić information content (AvgIpc) is 3.59. The van der Waals surface area contributed by atoms with Crippen molar-refractivity contribution in [2.75, 3.05) is 13.1 Å². The van der Waals surface area contributed by atoms with Crippen molar-refractivity contribution in [3.63, 3.8) is 0 Å². The van der Waals surface area contributed by atoms with Crippen LogP contribution in [-0.4, -0.2) is 46.9 Å². The minimum Gasteiger partial charge on any atom is -0.488 e. The molecule has 5 rings (SSSR count). The molecule has 1 fully saturated rings. The molecule has 2 aromatic carbocycles. The van der Waals surface area contributed by atoms with Crippen LogP contribution in [0.1, 0.15) is 41.0 Å². The Morgan fingerprint density at radius 3 is 2.31 bits per heavy atom. The Morgan fingerprint density at radius 1 is 1.00 bits per heavy atom. The molecule has 0 atom stereocenters. The van der Waals surface area contributed by atoms with Crippen LogP contribution >= 0.6 is 11.3 Å². The second-order valence-corrected chi connectivity index (χ2v) is 11.0. The Hall–Kier alpha value is -3.65. The number of halogens is 7. The molecule has 2 aliphatic heterocycles. The number of carbonyl (C=O) groups excluding carboxylic acids is 1. The number of nitrogens with zero attached hydrogens (tertiary/aromatic N) is 4. The second kappa shape index (κ2) is 11.9. The largest absolute Gasteiger partial charge is 0.488 e. The Kier molecular flexibility index (Phi) is 8.46. The molecular weight excluding hydrogens is 589 g/mol. The first kappa shape index (κ1) is 29.8. The molecule has 0 saturated carbocycles. The molecule has 0 spiro atoms. The molecule has 222 valence electrons. The maximum absolute atomic E-state index is 14.8. The molecule has 6 nitrogen and oxygen atoms in total. The van der Waals surface area contributed by atoms with Crippen LogP contribution < -0.4 is 4.74 Å². The van der Waals surface area contributed by atoms with Gasteiger partial charge in [-0.1, -0.05) is 12.1 Å². The fraction of sp³-hybridized carbons (Fsp3) is 0.357. The summed E-state index contributed by atoms with van der Waals surface area (Å²) in [5.74, 6) is -1.80. The standard InChI is InChI=1S/C28H23F7N4O2S/c29-22-12-20(5-6-21(22)23-11-19(14-40)37-38-23)41-15-25-24(13-39-9-7-18(8-10-39)28(33,34)35)36-26(42-25)16-1-3-17(4-2-16)27(30,31)32/h1-6,12,14,18H,7-11,13,15H2. The summed E-state index contributed by atoms with van der Waals surface area (Å²) in [6.45, 7) is 0.602. The molecule has 14 heteroatoms. The van der Waals surface area contributed by atoms with Crippen molar-refractivity contribution >= 4 is 29.0 Å². The molecule has 0 N–H and O–H groups in total. The molecule has 0 radical (unpaired) electrons. The highest BCUT2D eigenvalue weighted by Crippen LogP contribution is 2.36. The Bertz CT molecular complexity index is 1510. The summed E-state index contributed by atoms with van der Waals surface area (Å²) in [4.78, 5) is 17.9. The van der Waals surface area contributed by atoms with Gasteiger partial charge in [0.15, 0.2) is 6.29 Å². The van der Waals surface area contributed by atoms with Gasteiger partial charge in [-0.05, 0) is 50.2 Å². The maximum atomic E-state index is 14.8. The van der Waals surface area contributed by atoms with Gasteiger partial charge >= 0.3 is 12.4 Å². The van der Waals surface area contributed by atoms with Gasteiger partial charge in [-0.3, -0.25) is 9.69 Å². The van der Waals surface area contributed by atoms with E-state index in [1.807, 2.05) is 4.90 Å². The molecule has 0 amide bonds. The van der Waals surface area contributed by atoms with Gasteiger partial charge in [0.2, 0.25) is 0 Å². The summed E-state index contributed by atoms with van der Waals surface area (Å²) in [6.07, 6.45) is -8.16. The smallest absolute Gasteiger partial charge is 0.416 e. The van der Waals surface area contributed by atoms with E-state index in [0.717, 1.165) is 18.2 Å². The summed E-state index contributed by atoms with van der Waals surface area (Å²) in [5, 5.41) is 7.95. The number of piperidine rings is 1. The van der Waals surface area contributed by atoms with E-state index in [9.17, 15) is 35.5 Å². The summed E-state index contributed by atoms with van der Waals surface area (Å²) in [6, 6.07) is 8.68. The van der Waals surface area contributed by atoms with E-state index in [2.05, 4.69) is 15.2 Å². The molecule has 42 heavy (non-hydrogen) atoms. The van der Waals surface area contributed by atoms with Gasteiger partial charge < -0.3 is 4.74 Å². The van der Waals surface area contributed by atoms with E-state index in [4.69, 9.17) is 4.74 Å². The van der Waals surface area contributed by atoms with Crippen LogP contribution in [0.4, 0.5) is 30.7 Å². The third kappa shape index (κ3) is 6.86. The van der Waals surface area contributed by atoms with Crippen LogP contribution in [-0.2, 0) is 24.1 Å². The number of likely N-dealkylation sites (tertiary alicyclic amines) is 1. The van der Waals surface area contributed by atoms with Crippen molar-refractivity contribution < 1.29 is 40.3 Å². The summed E-state index contributed by atoms with van der Waals surface area (Å²) < 4.78 is 99.1. The van der Waals surface area contributed by atoms with Gasteiger partial charge in [0.05, 0.1) is 27.8 Å².